The second-order valence-electron chi connectivity index (χ2n) is 7.17. The van der Waals surface area contributed by atoms with Gasteiger partial charge in [-0.1, -0.05) is 31.9 Å². The molecule has 0 amide bonds. The number of Topliss-reactive ketones (excluding diaryl/α,β-unsaturated/α-hetero) is 1. The summed E-state index contributed by atoms with van der Waals surface area (Å²) in [7, 11) is -4.29. The topological polar surface area (TPSA) is 118 Å². The van der Waals surface area contributed by atoms with Gasteiger partial charge in [-0.2, -0.15) is 8.42 Å². The van der Waals surface area contributed by atoms with E-state index in [4.69, 9.17) is 4.55 Å². The summed E-state index contributed by atoms with van der Waals surface area (Å²) >= 11 is 0. The molecule has 28 heavy (non-hydrogen) atoms. The van der Waals surface area contributed by atoms with E-state index < -0.39 is 22.0 Å². The van der Waals surface area contributed by atoms with E-state index in [0.717, 1.165) is 25.7 Å². The monoisotopic (exact) mass is 419 g/mol. The molecule has 1 unspecified atom stereocenters. The summed E-state index contributed by atoms with van der Waals surface area (Å²) in [6, 6.07) is 0. The second-order valence-corrected chi connectivity index (χ2v) is 8.66. The Kier molecular flexibility index (Phi) is 11.5. The van der Waals surface area contributed by atoms with Gasteiger partial charge in [0.2, 0.25) is 5.78 Å². The van der Waals surface area contributed by atoms with Crippen LogP contribution >= 0.6 is 0 Å². The highest BCUT2D eigenvalue weighted by molar-refractivity contribution is 7.85. The number of aliphatic hydroxyl groups excluding tert-OH is 2. The van der Waals surface area contributed by atoms with Gasteiger partial charge in [0.15, 0.2) is 0 Å². The zero-order chi connectivity index (χ0) is 21.0. The average Bonchev–Trinajstić information content (AvgIpc) is 2.98. The van der Waals surface area contributed by atoms with Crippen molar-refractivity contribution >= 4 is 21.7 Å². The summed E-state index contributed by atoms with van der Waals surface area (Å²) in [6.07, 6.45) is 9.45. The van der Waals surface area contributed by atoms with Crippen molar-refractivity contribution in [2.75, 3.05) is 38.5 Å². The number of carbonyl (C=O) groups is 1. The lowest BCUT2D eigenvalue weighted by atomic mass is 10.1. The predicted octanol–water partition coefficient (Wildman–Crippen LogP) is 0.830. The van der Waals surface area contributed by atoms with Crippen LogP contribution in [0.15, 0.2) is 12.2 Å². The van der Waals surface area contributed by atoms with Crippen molar-refractivity contribution in [3.8, 4) is 0 Å². The fourth-order valence-corrected chi connectivity index (χ4v) is 3.88. The summed E-state index contributed by atoms with van der Waals surface area (Å²) in [5.41, 5.74) is 0. The molecule has 1 aliphatic rings. The zero-order valence-electron chi connectivity index (χ0n) is 16.8. The van der Waals surface area contributed by atoms with Crippen LogP contribution in [0, 0.1) is 0 Å². The Hall–Kier alpha value is -1.29. The van der Waals surface area contributed by atoms with Crippen LogP contribution in [-0.4, -0.2) is 88.9 Å². The Bertz CT molecular complexity index is 645. The maximum absolute atomic E-state index is 12.7. The molecule has 0 spiro atoms. The molecule has 0 aromatic rings. The third kappa shape index (κ3) is 9.77. The van der Waals surface area contributed by atoms with Crippen LogP contribution in [0.25, 0.3) is 0 Å². The predicted molar refractivity (Wildman–Crippen MR) is 108 cm³/mol. The van der Waals surface area contributed by atoms with Gasteiger partial charge in [0.1, 0.15) is 38.0 Å². The Labute approximate surface area is 168 Å². The van der Waals surface area contributed by atoms with Gasteiger partial charge in [0.05, 0.1) is 6.61 Å². The molecule has 1 rings (SSSR count). The maximum Gasteiger partial charge on any atom is 0.316 e. The van der Waals surface area contributed by atoms with E-state index in [9.17, 15) is 23.4 Å². The van der Waals surface area contributed by atoms with Gasteiger partial charge >= 0.3 is 5.84 Å². The van der Waals surface area contributed by atoms with E-state index in [-0.39, 0.29) is 18.9 Å². The molecule has 0 aromatic heterocycles. The standard InChI is InChI=1S/C19H34N2O6S/c1-2-3-4-5-6-7-8-9-10-18(24)19-20(13-14-22)11-12-21(19)15-17(23)16-28(25,26)27/h5-6,17,22-23H,2-4,7-16H2,1H3/p+1/b6-5+. The van der Waals surface area contributed by atoms with Crippen LogP contribution < -0.4 is 0 Å². The first-order valence-corrected chi connectivity index (χ1v) is 11.7. The number of nitrogens with zero attached hydrogens (tertiary/aromatic N) is 2. The number of amidine groups is 1. The van der Waals surface area contributed by atoms with Gasteiger partial charge < -0.3 is 10.2 Å². The van der Waals surface area contributed by atoms with Gasteiger partial charge in [-0.15, -0.1) is 0 Å². The largest absolute Gasteiger partial charge is 0.392 e. The lowest BCUT2D eigenvalue weighted by Crippen LogP contribution is -2.40. The van der Waals surface area contributed by atoms with E-state index in [1.165, 1.54) is 12.8 Å². The summed E-state index contributed by atoms with van der Waals surface area (Å²) in [4.78, 5) is 14.5. The minimum absolute atomic E-state index is 0.0526. The minimum Gasteiger partial charge on any atom is -0.392 e. The normalized spacial score (nSPS) is 16.4. The Balaban J connectivity index is 2.62. The molecule has 1 atom stereocenters. The molecule has 0 saturated heterocycles. The van der Waals surface area contributed by atoms with Crippen molar-refractivity contribution in [2.24, 2.45) is 0 Å². The molecule has 9 heteroatoms. The lowest BCUT2D eigenvalue weighted by molar-refractivity contribution is -0.525. The molecule has 0 aromatic carbocycles. The highest BCUT2D eigenvalue weighted by atomic mass is 32.2. The average molecular weight is 420 g/mol. The molecule has 1 aliphatic heterocycles. The van der Waals surface area contributed by atoms with E-state index in [1.54, 1.807) is 9.48 Å². The Morgan fingerprint density at radius 1 is 1.25 bits per heavy atom. The first-order valence-electron chi connectivity index (χ1n) is 10.1. The smallest absolute Gasteiger partial charge is 0.316 e. The van der Waals surface area contributed by atoms with Gasteiger partial charge in [-0.05, 0) is 25.7 Å². The highest BCUT2D eigenvalue weighted by Crippen LogP contribution is 2.10. The number of ketones is 1. The summed E-state index contributed by atoms with van der Waals surface area (Å²) in [6.45, 7) is 3.31. The molecule has 8 nitrogen and oxygen atoms in total. The molecule has 162 valence electrons. The van der Waals surface area contributed by atoms with E-state index in [2.05, 4.69) is 19.1 Å². The SMILES string of the molecule is CCCC/C=C/CCCCC(=O)C1=[N+](CC(O)CS(=O)(=O)O)CCN1CCO. The van der Waals surface area contributed by atoms with Crippen LogP contribution in [0.5, 0.6) is 0 Å². The van der Waals surface area contributed by atoms with E-state index in [0.29, 0.717) is 31.9 Å². The molecular weight excluding hydrogens is 384 g/mol. The number of hydrogen-bond donors (Lipinski definition) is 3. The molecule has 0 fully saturated rings. The van der Waals surface area contributed by atoms with Crippen LogP contribution in [0.1, 0.15) is 51.9 Å². The van der Waals surface area contributed by atoms with Crippen LogP contribution in [0.3, 0.4) is 0 Å². The van der Waals surface area contributed by atoms with Gasteiger partial charge in [-0.3, -0.25) is 18.8 Å². The number of aliphatic hydroxyl groups is 2. The lowest BCUT2D eigenvalue weighted by Gasteiger charge is -2.13. The molecular formula is C19H35N2O6S+. The first kappa shape index (κ1) is 24.7. The highest BCUT2D eigenvalue weighted by Gasteiger charge is 2.36. The van der Waals surface area contributed by atoms with E-state index in [1.807, 2.05) is 0 Å². The fourth-order valence-electron chi connectivity index (χ4n) is 3.29. The van der Waals surface area contributed by atoms with Crippen LogP contribution in [-0.2, 0) is 14.9 Å². The Morgan fingerprint density at radius 2 is 1.93 bits per heavy atom. The number of hydrogen-bond acceptors (Lipinski definition) is 6. The molecule has 3 N–H and O–H groups in total. The van der Waals surface area contributed by atoms with E-state index >= 15 is 0 Å². The number of allylic oxidation sites excluding steroid dienone is 2. The molecule has 0 bridgehead atoms. The minimum atomic E-state index is -4.29. The molecule has 1 heterocycles. The Morgan fingerprint density at radius 3 is 2.54 bits per heavy atom. The van der Waals surface area contributed by atoms with Crippen molar-refractivity contribution in [1.82, 2.24) is 4.90 Å². The maximum atomic E-state index is 12.7. The molecule has 0 aliphatic carbocycles. The second kappa shape index (κ2) is 13.0. The molecule has 0 saturated carbocycles. The number of rotatable bonds is 15. The third-order valence-corrected chi connectivity index (χ3v) is 5.41. The number of carbonyl (C=O) groups excluding carboxylic acids is 1. The summed E-state index contributed by atoms with van der Waals surface area (Å²) in [5.74, 6) is -0.420. The van der Waals surface area contributed by atoms with Crippen molar-refractivity contribution in [1.29, 1.82) is 0 Å². The summed E-state index contributed by atoms with van der Waals surface area (Å²) < 4.78 is 32.4. The van der Waals surface area contributed by atoms with Crippen molar-refractivity contribution in [3.05, 3.63) is 12.2 Å². The van der Waals surface area contributed by atoms with Crippen LogP contribution in [0.4, 0.5) is 0 Å². The number of unbranched alkanes of at least 4 members (excludes halogenated alkanes) is 4. The van der Waals surface area contributed by atoms with Crippen molar-refractivity contribution in [3.63, 3.8) is 0 Å². The van der Waals surface area contributed by atoms with Crippen molar-refractivity contribution in [2.45, 2.75) is 58.0 Å². The van der Waals surface area contributed by atoms with Gasteiger partial charge in [-0.25, -0.2) is 0 Å². The van der Waals surface area contributed by atoms with Crippen molar-refractivity contribution < 1.29 is 32.6 Å². The zero-order valence-corrected chi connectivity index (χ0v) is 17.6. The fraction of sp³-hybridized carbons (Fsp3) is 0.789. The number of β-amino-alcohol motifs (C(OH)–C–C–N with tert-alkyl or cyclic N) is 2. The third-order valence-electron chi connectivity index (χ3n) is 4.61. The first-order chi connectivity index (χ1) is 13.3. The van der Waals surface area contributed by atoms with Gasteiger partial charge in [0.25, 0.3) is 10.1 Å². The van der Waals surface area contributed by atoms with Gasteiger partial charge in [0, 0.05) is 6.42 Å². The molecule has 0 radical (unpaired) electrons. The summed E-state index contributed by atoms with van der Waals surface area (Å²) in [5, 5.41) is 19.1. The van der Waals surface area contributed by atoms with Crippen LogP contribution in [0.2, 0.25) is 0 Å². The quantitative estimate of drug-likeness (QED) is 0.156.